The number of amidine groups is 1. The quantitative estimate of drug-likeness (QED) is 0.505. The molecule has 2 aliphatic rings. The summed E-state index contributed by atoms with van der Waals surface area (Å²) >= 11 is 0. The van der Waals surface area contributed by atoms with Crippen LogP contribution in [0.4, 0.5) is 5.82 Å². The fourth-order valence-electron chi connectivity index (χ4n) is 3.64. The number of anilines is 1. The van der Waals surface area contributed by atoms with Crippen LogP contribution >= 0.6 is 0 Å². The van der Waals surface area contributed by atoms with Gasteiger partial charge >= 0.3 is 0 Å². The number of hydrogen-bond acceptors (Lipinski definition) is 9. The Hall–Kier alpha value is -3.37. The van der Waals surface area contributed by atoms with Crippen LogP contribution in [0.25, 0.3) is 17.0 Å². The highest BCUT2D eigenvalue weighted by Gasteiger charge is 2.20. The third kappa shape index (κ3) is 3.32. The lowest BCUT2D eigenvalue weighted by atomic mass is 10.2. The highest BCUT2D eigenvalue weighted by molar-refractivity contribution is 6.01. The molecule has 5 heterocycles. The van der Waals surface area contributed by atoms with Crippen LogP contribution in [0.1, 0.15) is 12.0 Å². The van der Waals surface area contributed by atoms with E-state index in [0.29, 0.717) is 17.6 Å². The van der Waals surface area contributed by atoms with Gasteiger partial charge in [-0.05, 0) is 25.1 Å². The molecule has 1 fully saturated rings. The van der Waals surface area contributed by atoms with Crippen molar-refractivity contribution in [1.82, 2.24) is 35.8 Å². The van der Waals surface area contributed by atoms with Crippen LogP contribution in [0.3, 0.4) is 0 Å². The van der Waals surface area contributed by atoms with Crippen LogP contribution in [-0.4, -0.2) is 58.6 Å². The molecule has 29 heavy (non-hydrogen) atoms. The van der Waals surface area contributed by atoms with Crippen molar-refractivity contribution in [3.63, 3.8) is 0 Å². The van der Waals surface area contributed by atoms with E-state index in [9.17, 15) is 0 Å². The zero-order chi connectivity index (χ0) is 19.8. The summed E-state index contributed by atoms with van der Waals surface area (Å²) in [4.78, 5) is 9.36. The van der Waals surface area contributed by atoms with Crippen molar-refractivity contribution < 1.29 is 4.74 Å². The molecule has 1 atom stereocenters. The lowest BCUT2D eigenvalue weighted by molar-refractivity contribution is 0.231. The van der Waals surface area contributed by atoms with Crippen molar-refractivity contribution in [3.05, 3.63) is 42.2 Å². The average molecular weight is 393 g/mol. The normalized spacial score (nSPS) is 19.1. The van der Waals surface area contributed by atoms with Gasteiger partial charge in [0.1, 0.15) is 17.2 Å². The number of rotatable bonds is 5. The van der Waals surface area contributed by atoms with E-state index in [1.807, 2.05) is 48.1 Å². The second-order valence-corrected chi connectivity index (χ2v) is 7.10. The Morgan fingerprint density at radius 3 is 3.00 bits per heavy atom. The van der Waals surface area contributed by atoms with E-state index in [1.165, 1.54) is 0 Å². The summed E-state index contributed by atoms with van der Waals surface area (Å²) in [5.74, 6) is 2.23. The smallest absolute Gasteiger partial charge is 0.175 e. The summed E-state index contributed by atoms with van der Waals surface area (Å²) in [5, 5.41) is 12.8. The average Bonchev–Trinajstić information content (AvgIpc) is 3.48. The summed E-state index contributed by atoms with van der Waals surface area (Å²) in [6, 6.07) is 8.31. The minimum absolute atomic E-state index is 0.409. The lowest BCUT2D eigenvalue weighted by Gasteiger charge is -2.14. The van der Waals surface area contributed by atoms with Crippen LogP contribution in [0.2, 0.25) is 0 Å². The Morgan fingerprint density at radius 1 is 1.31 bits per heavy atom. The Kier molecular flexibility index (Phi) is 4.41. The van der Waals surface area contributed by atoms with Crippen molar-refractivity contribution in [2.75, 3.05) is 32.6 Å². The van der Waals surface area contributed by atoms with Crippen LogP contribution in [-0.2, 0) is 0 Å². The van der Waals surface area contributed by atoms with E-state index >= 15 is 0 Å². The van der Waals surface area contributed by atoms with Crippen LogP contribution in [0.15, 0.2) is 41.8 Å². The van der Waals surface area contributed by atoms with E-state index in [0.717, 1.165) is 47.9 Å². The van der Waals surface area contributed by atoms with E-state index in [2.05, 4.69) is 31.7 Å². The molecular weight excluding hydrogens is 370 g/mol. The zero-order valence-corrected chi connectivity index (χ0v) is 16.3. The van der Waals surface area contributed by atoms with Gasteiger partial charge in [-0.3, -0.25) is 9.83 Å². The molecule has 5 rings (SSSR count). The molecule has 0 radical (unpaired) electrons. The molecule has 3 aromatic heterocycles. The first-order valence-corrected chi connectivity index (χ1v) is 9.55. The molecule has 1 unspecified atom stereocenters. The maximum atomic E-state index is 5.56. The monoisotopic (exact) mass is 393 g/mol. The van der Waals surface area contributed by atoms with Crippen molar-refractivity contribution in [3.8, 4) is 17.1 Å². The number of hydrazone groups is 1. The van der Waals surface area contributed by atoms with Gasteiger partial charge in [0.2, 0.25) is 0 Å². The van der Waals surface area contributed by atoms with Gasteiger partial charge in [0, 0.05) is 31.9 Å². The molecule has 0 saturated carbocycles. The fraction of sp³-hybridized carbons (Fsp3) is 0.316. The second kappa shape index (κ2) is 7.22. The molecule has 4 N–H and O–H groups in total. The van der Waals surface area contributed by atoms with Crippen LogP contribution in [0, 0.1) is 0 Å². The van der Waals surface area contributed by atoms with Crippen LogP contribution < -0.4 is 26.3 Å². The Morgan fingerprint density at radius 2 is 2.24 bits per heavy atom. The SMILES string of the molecule is COc1cc2ncc(-c3cccc(NC4CCNC4)n3)n2cc1C1=NNN(C)N1. The topological polar surface area (TPSA) is 103 Å². The number of nitrogens with zero attached hydrogens (tertiary/aromatic N) is 5. The first-order chi connectivity index (χ1) is 14.2. The van der Waals surface area contributed by atoms with Gasteiger partial charge in [0.05, 0.1) is 30.3 Å². The van der Waals surface area contributed by atoms with Crippen molar-refractivity contribution >= 4 is 17.3 Å². The number of aromatic nitrogens is 3. The summed E-state index contributed by atoms with van der Waals surface area (Å²) in [5.41, 5.74) is 9.34. The summed E-state index contributed by atoms with van der Waals surface area (Å²) < 4.78 is 7.56. The highest BCUT2D eigenvalue weighted by Crippen LogP contribution is 2.27. The summed E-state index contributed by atoms with van der Waals surface area (Å²) in [6.07, 6.45) is 4.89. The van der Waals surface area contributed by atoms with Gasteiger partial charge in [-0.2, -0.15) is 0 Å². The fourth-order valence-corrected chi connectivity index (χ4v) is 3.64. The molecule has 2 aliphatic heterocycles. The van der Waals surface area contributed by atoms with Gasteiger partial charge < -0.3 is 15.4 Å². The molecule has 10 heteroatoms. The number of hydrogen-bond donors (Lipinski definition) is 4. The van der Waals surface area contributed by atoms with Gasteiger partial charge in [-0.1, -0.05) is 6.07 Å². The number of nitrogens with one attached hydrogen (secondary N) is 4. The molecule has 3 aromatic rings. The third-order valence-corrected chi connectivity index (χ3v) is 5.09. The molecule has 10 nitrogen and oxygen atoms in total. The molecule has 0 aliphatic carbocycles. The predicted molar refractivity (Wildman–Crippen MR) is 110 cm³/mol. The molecular formula is C19H23N9O. The number of fused-ring (bicyclic) bond motifs is 1. The maximum Gasteiger partial charge on any atom is 0.175 e. The minimum atomic E-state index is 0.409. The molecule has 0 aromatic carbocycles. The second-order valence-electron chi connectivity index (χ2n) is 7.10. The third-order valence-electron chi connectivity index (χ3n) is 5.09. The first kappa shape index (κ1) is 17.7. The standard InChI is InChI=1S/C19H23N9O/c1-27-25-19(24-26-27)13-11-28-15(10-21-18(28)8-16(13)29-2)14-4-3-5-17(23-14)22-12-6-7-20-9-12/h3-5,8,10-12,20,26H,6-7,9H2,1-2H3,(H,22,23)(H,24,25). The van der Waals surface area contributed by atoms with Gasteiger partial charge in [-0.25, -0.2) is 15.5 Å². The number of hydrazine groups is 2. The molecule has 1 saturated heterocycles. The van der Waals surface area contributed by atoms with E-state index in [-0.39, 0.29) is 0 Å². The molecule has 0 spiro atoms. The van der Waals surface area contributed by atoms with Gasteiger partial charge in [-0.15, -0.1) is 10.2 Å². The Bertz CT molecular complexity index is 1070. The minimum Gasteiger partial charge on any atom is -0.496 e. The predicted octanol–water partition coefficient (Wildman–Crippen LogP) is 0.795. The number of methoxy groups -OCH3 is 1. The molecule has 0 amide bonds. The summed E-state index contributed by atoms with van der Waals surface area (Å²) in [7, 11) is 3.48. The van der Waals surface area contributed by atoms with E-state index in [4.69, 9.17) is 9.72 Å². The van der Waals surface area contributed by atoms with Gasteiger partial charge in [0.25, 0.3) is 0 Å². The van der Waals surface area contributed by atoms with Crippen molar-refractivity contribution in [2.24, 2.45) is 5.10 Å². The summed E-state index contributed by atoms with van der Waals surface area (Å²) in [6.45, 7) is 2.00. The Labute approximate surface area is 167 Å². The van der Waals surface area contributed by atoms with Gasteiger partial charge in [0.15, 0.2) is 5.84 Å². The first-order valence-electron chi connectivity index (χ1n) is 9.55. The van der Waals surface area contributed by atoms with Crippen LogP contribution in [0.5, 0.6) is 5.75 Å². The van der Waals surface area contributed by atoms with E-state index < -0.39 is 0 Å². The molecule has 0 bridgehead atoms. The number of pyridine rings is 2. The highest BCUT2D eigenvalue weighted by atomic mass is 16.5. The van der Waals surface area contributed by atoms with E-state index in [1.54, 1.807) is 12.2 Å². The Balaban J connectivity index is 1.54. The number of ether oxygens (including phenoxy) is 1. The molecule has 150 valence electrons. The van der Waals surface area contributed by atoms with Crippen molar-refractivity contribution in [1.29, 1.82) is 0 Å². The number of imidazole rings is 1. The maximum absolute atomic E-state index is 5.56. The van der Waals surface area contributed by atoms with Crippen molar-refractivity contribution in [2.45, 2.75) is 12.5 Å². The zero-order valence-electron chi connectivity index (χ0n) is 16.3. The lowest BCUT2D eigenvalue weighted by Crippen LogP contribution is -2.37. The largest absolute Gasteiger partial charge is 0.496 e.